The van der Waals surface area contributed by atoms with Crippen LogP contribution < -0.4 is 17.2 Å². The monoisotopic (exact) mass is 249 g/mol. The molecular weight excluding hydrogens is 230 g/mol. The summed E-state index contributed by atoms with van der Waals surface area (Å²) in [6.07, 6.45) is 0.893. The maximum absolute atomic E-state index is 10.1. The predicted octanol–water partition coefficient (Wildman–Crippen LogP) is -1.53. The summed E-state index contributed by atoms with van der Waals surface area (Å²) in [6, 6.07) is -0.979. The summed E-state index contributed by atoms with van der Waals surface area (Å²) >= 11 is 0. The van der Waals surface area contributed by atoms with Gasteiger partial charge >= 0.3 is 11.9 Å². The highest BCUT2D eigenvalue weighted by Gasteiger charge is 2.11. The minimum atomic E-state index is -1.11. The summed E-state index contributed by atoms with van der Waals surface area (Å²) < 4.78 is 0. The Bertz CT molecular complexity index is 257. The van der Waals surface area contributed by atoms with Crippen LogP contribution in [-0.4, -0.2) is 40.6 Å². The first kappa shape index (κ1) is 17.7. The molecule has 0 spiro atoms. The topological polar surface area (TPSA) is 170 Å². The molecule has 0 aromatic rings. The van der Waals surface area contributed by atoms with Crippen molar-refractivity contribution in [3.63, 3.8) is 0 Å². The van der Waals surface area contributed by atoms with Crippen LogP contribution in [0, 0.1) is 0 Å². The maximum Gasteiger partial charge on any atom is 0.320 e. The zero-order chi connectivity index (χ0) is 13.8. The second-order valence-corrected chi connectivity index (χ2v) is 3.24. The molecule has 0 aliphatic rings. The van der Waals surface area contributed by atoms with Crippen LogP contribution >= 0.6 is 0 Å². The molecule has 0 radical (unpaired) electrons. The standard InChI is InChI=1S/C5H10N2O3.C4H9NO2/c6-3(5(9)10)1-2-4(7)8;5-3-1-2-4(6)7/h3H,1-2,6H2,(H2,7,8)(H,9,10);1-3,5H2,(H,6,7). The van der Waals surface area contributed by atoms with E-state index in [2.05, 4.69) is 0 Å². The highest BCUT2D eigenvalue weighted by molar-refractivity contribution is 5.76. The van der Waals surface area contributed by atoms with Crippen molar-refractivity contribution in [3.8, 4) is 0 Å². The molecule has 8 nitrogen and oxygen atoms in total. The van der Waals surface area contributed by atoms with E-state index in [0.717, 1.165) is 0 Å². The SMILES string of the molecule is NC(=O)CCC(N)C(=O)O.NCCCC(=O)O. The van der Waals surface area contributed by atoms with Gasteiger partial charge < -0.3 is 27.4 Å². The Morgan fingerprint density at radius 2 is 1.65 bits per heavy atom. The molecule has 0 rings (SSSR count). The van der Waals surface area contributed by atoms with Crippen LogP contribution in [-0.2, 0) is 14.4 Å². The Kier molecular flexibility index (Phi) is 11.3. The van der Waals surface area contributed by atoms with Gasteiger partial charge in [0.15, 0.2) is 0 Å². The summed E-state index contributed by atoms with van der Waals surface area (Å²) in [5.41, 5.74) is 14.8. The third kappa shape index (κ3) is 17.0. The molecule has 8 N–H and O–H groups in total. The Balaban J connectivity index is 0. The van der Waals surface area contributed by atoms with Gasteiger partial charge in [-0.2, -0.15) is 0 Å². The fourth-order valence-electron chi connectivity index (χ4n) is 0.675. The zero-order valence-corrected chi connectivity index (χ0v) is 9.46. The quantitative estimate of drug-likeness (QED) is 0.364. The second-order valence-electron chi connectivity index (χ2n) is 3.24. The minimum Gasteiger partial charge on any atom is -0.481 e. The van der Waals surface area contributed by atoms with Crippen LogP contribution in [0.25, 0.3) is 0 Å². The first-order chi connectivity index (χ1) is 7.81. The number of hydrogen-bond acceptors (Lipinski definition) is 5. The van der Waals surface area contributed by atoms with Gasteiger partial charge in [0.25, 0.3) is 0 Å². The average Bonchev–Trinajstić information content (AvgIpc) is 2.23. The molecule has 0 aliphatic carbocycles. The van der Waals surface area contributed by atoms with Crippen molar-refractivity contribution in [2.45, 2.75) is 31.7 Å². The lowest BCUT2D eigenvalue weighted by molar-refractivity contribution is -0.139. The van der Waals surface area contributed by atoms with E-state index >= 15 is 0 Å². The lowest BCUT2D eigenvalue weighted by Gasteiger charge is -2.01. The average molecular weight is 249 g/mol. The van der Waals surface area contributed by atoms with E-state index in [1.807, 2.05) is 0 Å². The van der Waals surface area contributed by atoms with Gasteiger partial charge in [0.05, 0.1) is 0 Å². The Morgan fingerprint density at radius 1 is 1.12 bits per heavy atom. The predicted molar refractivity (Wildman–Crippen MR) is 60.0 cm³/mol. The van der Waals surface area contributed by atoms with E-state index in [9.17, 15) is 14.4 Å². The number of carbonyl (C=O) groups excluding carboxylic acids is 1. The van der Waals surface area contributed by atoms with Crippen LogP contribution in [0.2, 0.25) is 0 Å². The maximum atomic E-state index is 10.1. The largest absolute Gasteiger partial charge is 0.481 e. The molecule has 0 bridgehead atoms. The first-order valence-electron chi connectivity index (χ1n) is 4.99. The number of rotatable bonds is 7. The molecule has 8 heteroatoms. The van der Waals surface area contributed by atoms with Crippen molar-refractivity contribution in [1.82, 2.24) is 0 Å². The minimum absolute atomic E-state index is 0.0213. The zero-order valence-electron chi connectivity index (χ0n) is 9.46. The summed E-state index contributed by atoms with van der Waals surface area (Å²) in [4.78, 5) is 29.8. The van der Waals surface area contributed by atoms with E-state index in [1.165, 1.54) is 0 Å². The normalized spacial score (nSPS) is 10.9. The van der Waals surface area contributed by atoms with Crippen LogP contribution in [0.3, 0.4) is 0 Å². The molecule has 0 aromatic carbocycles. The summed E-state index contributed by atoms with van der Waals surface area (Å²) in [5, 5.41) is 16.2. The Labute approximate surface area is 98.8 Å². The van der Waals surface area contributed by atoms with Crippen molar-refractivity contribution in [2.24, 2.45) is 17.2 Å². The van der Waals surface area contributed by atoms with Crippen LogP contribution in [0.15, 0.2) is 0 Å². The van der Waals surface area contributed by atoms with E-state index < -0.39 is 23.9 Å². The van der Waals surface area contributed by atoms with E-state index in [1.54, 1.807) is 0 Å². The third-order valence-electron chi connectivity index (χ3n) is 1.61. The van der Waals surface area contributed by atoms with Crippen molar-refractivity contribution in [2.75, 3.05) is 6.54 Å². The van der Waals surface area contributed by atoms with Crippen LogP contribution in [0.1, 0.15) is 25.7 Å². The van der Waals surface area contributed by atoms with Crippen molar-refractivity contribution >= 4 is 17.8 Å². The van der Waals surface area contributed by atoms with E-state index in [4.69, 9.17) is 27.4 Å². The van der Waals surface area contributed by atoms with E-state index in [-0.39, 0.29) is 19.3 Å². The smallest absolute Gasteiger partial charge is 0.320 e. The molecule has 0 saturated heterocycles. The van der Waals surface area contributed by atoms with Crippen molar-refractivity contribution < 1.29 is 24.6 Å². The van der Waals surface area contributed by atoms with Gasteiger partial charge in [-0.25, -0.2) is 0 Å². The molecule has 0 aromatic heterocycles. The number of aliphatic carboxylic acids is 2. The van der Waals surface area contributed by atoms with Gasteiger partial charge in [-0.05, 0) is 19.4 Å². The lowest BCUT2D eigenvalue weighted by Crippen LogP contribution is -2.31. The van der Waals surface area contributed by atoms with Crippen molar-refractivity contribution in [1.29, 1.82) is 0 Å². The lowest BCUT2D eigenvalue weighted by atomic mass is 10.2. The summed E-state index contributed by atoms with van der Waals surface area (Å²) in [7, 11) is 0. The third-order valence-corrected chi connectivity index (χ3v) is 1.61. The molecular formula is C9H19N3O5. The second kappa shape index (κ2) is 10.8. The Hall–Kier alpha value is -1.67. The van der Waals surface area contributed by atoms with Gasteiger partial charge in [-0.3, -0.25) is 14.4 Å². The molecule has 100 valence electrons. The van der Waals surface area contributed by atoms with Gasteiger partial charge in [0.2, 0.25) is 5.91 Å². The van der Waals surface area contributed by atoms with Crippen LogP contribution in [0.4, 0.5) is 0 Å². The molecule has 1 unspecified atom stereocenters. The van der Waals surface area contributed by atoms with Gasteiger partial charge in [0.1, 0.15) is 6.04 Å². The van der Waals surface area contributed by atoms with Gasteiger partial charge in [0, 0.05) is 12.8 Å². The molecule has 0 aliphatic heterocycles. The number of hydrogen-bond donors (Lipinski definition) is 5. The molecule has 17 heavy (non-hydrogen) atoms. The number of nitrogens with two attached hydrogens (primary N) is 3. The number of carboxylic acid groups (broad SMARTS) is 2. The number of carboxylic acids is 2. The number of primary amides is 1. The highest BCUT2D eigenvalue weighted by atomic mass is 16.4. The number of carbonyl (C=O) groups is 3. The summed E-state index contributed by atoms with van der Waals surface area (Å²) in [5.74, 6) is -2.41. The fourth-order valence-corrected chi connectivity index (χ4v) is 0.675. The fraction of sp³-hybridized carbons (Fsp3) is 0.667. The van der Waals surface area contributed by atoms with Gasteiger partial charge in [-0.15, -0.1) is 0 Å². The van der Waals surface area contributed by atoms with E-state index in [0.29, 0.717) is 13.0 Å². The van der Waals surface area contributed by atoms with Crippen LogP contribution in [0.5, 0.6) is 0 Å². The van der Waals surface area contributed by atoms with Crippen molar-refractivity contribution in [3.05, 3.63) is 0 Å². The Morgan fingerprint density at radius 3 is 1.88 bits per heavy atom. The first-order valence-corrected chi connectivity index (χ1v) is 4.99. The highest BCUT2D eigenvalue weighted by Crippen LogP contribution is 1.92. The summed E-state index contributed by atoms with van der Waals surface area (Å²) in [6.45, 7) is 0.465. The van der Waals surface area contributed by atoms with Gasteiger partial charge in [-0.1, -0.05) is 0 Å². The molecule has 0 saturated carbocycles. The molecule has 1 atom stereocenters. The number of amides is 1. The molecule has 0 heterocycles. The molecule has 1 amide bonds. The molecule has 0 fully saturated rings.